The molecule has 0 saturated heterocycles. The number of aromatic nitrogens is 2. The number of nitrogens with zero attached hydrogens (tertiary/aromatic N) is 3. The number of hydrogen-bond acceptors (Lipinski definition) is 3. The Morgan fingerprint density at radius 2 is 2.47 bits per heavy atom. The Labute approximate surface area is 89.9 Å². The number of nitrogens with one attached hydrogen (secondary N) is 1. The Hall–Kier alpha value is -1.34. The fourth-order valence-corrected chi connectivity index (χ4v) is 1.61. The van der Waals surface area contributed by atoms with E-state index < -0.39 is 5.54 Å². The average Bonchev–Trinajstić information content (AvgIpc) is 2.88. The lowest BCUT2D eigenvalue weighted by Gasteiger charge is -2.23. The Morgan fingerprint density at radius 3 is 3.00 bits per heavy atom. The molecule has 0 aromatic carbocycles. The third kappa shape index (κ3) is 2.80. The van der Waals surface area contributed by atoms with E-state index in [1.54, 1.807) is 12.5 Å². The lowest BCUT2D eigenvalue weighted by atomic mass is 10.00. The molecule has 0 aliphatic heterocycles. The summed E-state index contributed by atoms with van der Waals surface area (Å²) in [5.74, 6) is 0. The fraction of sp³-hybridized carbons (Fsp3) is 0.636. The van der Waals surface area contributed by atoms with Crippen molar-refractivity contribution in [2.24, 2.45) is 0 Å². The summed E-state index contributed by atoms with van der Waals surface area (Å²) in [6, 6.07) is 2.93. The van der Waals surface area contributed by atoms with Gasteiger partial charge in [0.15, 0.2) is 0 Å². The number of rotatable bonds is 5. The molecule has 1 saturated carbocycles. The monoisotopic (exact) mass is 204 g/mol. The molecule has 0 spiro atoms. The van der Waals surface area contributed by atoms with Gasteiger partial charge in [-0.3, -0.25) is 5.32 Å². The number of aryl methyl sites for hydroxylation is 1. The van der Waals surface area contributed by atoms with Gasteiger partial charge in [-0.05, 0) is 26.2 Å². The highest BCUT2D eigenvalue weighted by molar-refractivity contribution is 5.07. The van der Waals surface area contributed by atoms with Crippen LogP contribution in [-0.4, -0.2) is 21.1 Å². The van der Waals surface area contributed by atoms with Crippen molar-refractivity contribution in [2.45, 2.75) is 44.3 Å². The topological polar surface area (TPSA) is 53.6 Å². The Balaban J connectivity index is 1.87. The molecule has 80 valence electrons. The van der Waals surface area contributed by atoms with Gasteiger partial charge < -0.3 is 4.57 Å². The molecule has 1 heterocycles. The maximum atomic E-state index is 9.15. The Kier molecular flexibility index (Phi) is 2.74. The lowest BCUT2D eigenvalue weighted by Crippen LogP contribution is -2.43. The zero-order valence-corrected chi connectivity index (χ0v) is 8.98. The third-order valence-electron chi connectivity index (χ3n) is 2.78. The van der Waals surface area contributed by atoms with Crippen molar-refractivity contribution in [1.82, 2.24) is 14.9 Å². The first-order chi connectivity index (χ1) is 7.22. The van der Waals surface area contributed by atoms with Gasteiger partial charge >= 0.3 is 0 Å². The van der Waals surface area contributed by atoms with Gasteiger partial charge in [0.05, 0.1) is 12.4 Å². The van der Waals surface area contributed by atoms with Crippen molar-refractivity contribution in [1.29, 1.82) is 5.26 Å². The summed E-state index contributed by atoms with van der Waals surface area (Å²) in [5, 5.41) is 12.5. The molecule has 4 nitrogen and oxygen atoms in total. The molecule has 0 bridgehead atoms. The van der Waals surface area contributed by atoms with Gasteiger partial charge in [-0.1, -0.05) is 0 Å². The molecule has 1 aromatic heterocycles. The fourth-order valence-electron chi connectivity index (χ4n) is 1.61. The molecular formula is C11H16N4. The third-order valence-corrected chi connectivity index (χ3v) is 2.78. The molecule has 15 heavy (non-hydrogen) atoms. The van der Waals surface area contributed by atoms with Crippen LogP contribution in [0.2, 0.25) is 0 Å². The van der Waals surface area contributed by atoms with E-state index in [2.05, 4.69) is 16.4 Å². The van der Waals surface area contributed by atoms with Crippen LogP contribution in [0.4, 0.5) is 0 Å². The summed E-state index contributed by atoms with van der Waals surface area (Å²) in [4.78, 5) is 3.98. The first-order valence-corrected chi connectivity index (χ1v) is 5.36. The Morgan fingerprint density at radius 1 is 1.67 bits per heavy atom. The van der Waals surface area contributed by atoms with Crippen LogP contribution in [0.15, 0.2) is 18.7 Å². The van der Waals surface area contributed by atoms with Gasteiger partial charge in [-0.15, -0.1) is 0 Å². The molecule has 1 aromatic rings. The van der Waals surface area contributed by atoms with E-state index in [0.29, 0.717) is 6.04 Å². The minimum absolute atomic E-state index is 0.397. The van der Waals surface area contributed by atoms with Gasteiger partial charge in [0.2, 0.25) is 0 Å². The van der Waals surface area contributed by atoms with Crippen LogP contribution in [0.5, 0.6) is 0 Å². The molecule has 1 unspecified atom stereocenters. The number of nitriles is 1. The Bertz CT molecular complexity index is 347. The molecule has 0 amide bonds. The van der Waals surface area contributed by atoms with E-state index in [1.165, 1.54) is 12.8 Å². The van der Waals surface area contributed by atoms with Gasteiger partial charge in [0.25, 0.3) is 0 Å². The maximum absolute atomic E-state index is 9.15. The van der Waals surface area contributed by atoms with Crippen molar-refractivity contribution < 1.29 is 0 Å². The first kappa shape index (κ1) is 10.2. The second-order valence-electron chi connectivity index (χ2n) is 4.41. The van der Waals surface area contributed by atoms with Gasteiger partial charge in [-0.2, -0.15) is 5.26 Å². The van der Waals surface area contributed by atoms with Crippen LogP contribution in [0.25, 0.3) is 0 Å². The zero-order chi connectivity index (χ0) is 10.7. The predicted octanol–water partition coefficient (Wildman–Crippen LogP) is 1.31. The second-order valence-corrected chi connectivity index (χ2v) is 4.41. The largest absolute Gasteiger partial charge is 0.337 e. The van der Waals surface area contributed by atoms with Crippen molar-refractivity contribution in [3.63, 3.8) is 0 Å². The van der Waals surface area contributed by atoms with Gasteiger partial charge in [-0.25, -0.2) is 4.98 Å². The summed E-state index contributed by atoms with van der Waals surface area (Å²) in [6.07, 6.45) is 8.71. The highest BCUT2D eigenvalue weighted by atomic mass is 15.1. The summed E-state index contributed by atoms with van der Waals surface area (Å²) in [6.45, 7) is 2.81. The number of hydrogen-bond donors (Lipinski definition) is 1. The van der Waals surface area contributed by atoms with Crippen LogP contribution in [0.1, 0.15) is 26.2 Å². The van der Waals surface area contributed by atoms with Crippen molar-refractivity contribution in [3.05, 3.63) is 18.7 Å². The lowest BCUT2D eigenvalue weighted by molar-refractivity contribution is 0.389. The molecule has 2 rings (SSSR count). The van der Waals surface area contributed by atoms with Crippen LogP contribution in [0.3, 0.4) is 0 Å². The number of imidazole rings is 1. The maximum Gasteiger partial charge on any atom is 0.105 e. The molecule has 1 fully saturated rings. The van der Waals surface area contributed by atoms with E-state index >= 15 is 0 Å². The SMILES string of the molecule is CC(C#N)(CCn1ccnc1)NC1CC1. The molecular weight excluding hydrogens is 188 g/mol. The van der Waals surface area contributed by atoms with E-state index in [9.17, 15) is 0 Å². The molecule has 1 N–H and O–H groups in total. The summed E-state index contributed by atoms with van der Waals surface area (Å²) < 4.78 is 2.00. The van der Waals surface area contributed by atoms with E-state index in [1.807, 2.05) is 17.7 Å². The van der Waals surface area contributed by atoms with E-state index in [-0.39, 0.29) is 0 Å². The summed E-state index contributed by atoms with van der Waals surface area (Å²) in [5.41, 5.74) is -0.397. The van der Waals surface area contributed by atoms with Crippen LogP contribution >= 0.6 is 0 Å². The normalized spacial score (nSPS) is 19.5. The van der Waals surface area contributed by atoms with Crippen molar-refractivity contribution >= 4 is 0 Å². The van der Waals surface area contributed by atoms with Crippen molar-refractivity contribution in [2.75, 3.05) is 0 Å². The molecule has 1 aliphatic rings. The molecule has 4 heteroatoms. The second kappa shape index (κ2) is 4.03. The van der Waals surface area contributed by atoms with E-state index in [4.69, 9.17) is 5.26 Å². The summed E-state index contributed by atoms with van der Waals surface area (Å²) in [7, 11) is 0. The predicted molar refractivity (Wildman–Crippen MR) is 57.0 cm³/mol. The van der Waals surface area contributed by atoms with Crippen LogP contribution in [0, 0.1) is 11.3 Å². The van der Waals surface area contributed by atoms with Gasteiger partial charge in [0, 0.05) is 25.0 Å². The average molecular weight is 204 g/mol. The van der Waals surface area contributed by atoms with Crippen molar-refractivity contribution in [3.8, 4) is 6.07 Å². The van der Waals surface area contributed by atoms with E-state index in [0.717, 1.165) is 13.0 Å². The first-order valence-electron chi connectivity index (χ1n) is 5.36. The quantitative estimate of drug-likeness (QED) is 0.786. The highest BCUT2D eigenvalue weighted by Crippen LogP contribution is 2.23. The molecule has 1 atom stereocenters. The standard InChI is InChI=1S/C11H16N4/c1-11(8-12,14-10-2-3-10)4-6-15-7-5-13-9-15/h5,7,9-10,14H,2-4,6H2,1H3. The minimum atomic E-state index is -0.397. The molecule has 1 aliphatic carbocycles. The van der Waals surface area contributed by atoms with Crippen LogP contribution in [-0.2, 0) is 6.54 Å². The smallest absolute Gasteiger partial charge is 0.105 e. The van der Waals surface area contributed by atoms with Crippen LogP contribution < -0.4 is 5.32 Å². The van der Waals surface area contributed by atoms with Gasteiger partial charge in [0.1, 0.15) is 5.54 Å². The highest BCUT2D eigenvalue weighted by Gasteiger charge is 2.32. The summed E-state index contributed by atoms with van der Waals surface area (Å²) >= 11 is 0. The zero-order valence-electron chi connectivity index (χ0n) is 8.98. The molecule has 0 radical (unpaired) electrons. The minimum Gasteiger partial charge on any atom is -0.337 e.